The summed E-state index contributed by atoms with van der Waals surface area (Å²) in [5.41, 5.74) is 1.07. The van der Waals surface area contributed by atoms with Crippen LogP contribution in [0.5, 0.6) is 0 Å². The Labute approximate surface area is 134 Å². The molecule has 0 spiro atoms. The molecule has 1 aromatic heterocycles. The summed E-state index contributed by atoms with van der Waals surface area (Å²) in [7, 11) is 0. The van der Waals surface area contributed by atoms with Gasteiger partial charge in [-0.3, -0.25) is 0 Å². The number of aromatic nitrogens is 2. The summed E-state index contributed by atoms with van der Waals surface area (Å²) < 4.78 is 0. The van der Waals surface area contributed by atoms with Crippen molar-refractivity contribution in [2.75, 3.05) is 23.3 Å². The summed E-state index contributed by atoms with van der Waals surface area (Å²) in [6, 6.07) is 2.69. The van der Waals surface area contributed by atoms with E-state index < -0.39 is 0 Å². The molecule has 0 amide bonds. The first-order valence-corrected chi connectivity index (χ1v) is 9.08. The smallest absolute Gasteiger partial charge is 0.225 e. The first-order valence-electron chi connectivity index (χ1n) is 9.08. The molecular weight excluding hydrogens is 272 g/mol. The number of piperidine rings is 1. The van der Waals surface area contributed by atoms with E-state index in [1.807, 2.05) is 0 Å². The van der Waals surface area contributed by atoms with Crippen LogP contribution in [0.1, 0.15) is 64.0 Å². The van der Waals surface area contributed by atoms with Crippen LogP contribution in [0, 0.1) is 12.8 Å². The van der Waals surface area contributed by atoms with Gasteiger partial charge in [-0.05, 0) is 38.5 Å². The van der Waals surface area contributed by atoms with Gasteiger partial charge in [0, 0.05) is 30.9 Å². The first-order chi connectivity index (χ1) is 10.7. The van der Waals surface area contributed by atoms with Crippen molar-refractivity contribution in [2.24, 2.45) is 5.92 Å². The minimum atomic E-state index is 0.554. The second kappa shape index (κ2) is 7.30. The normalized spacial score (nSPS) is 21.6. The lowest BCUT2D eigenvalue weighted by Gasteiger charge is -2.31. The maximum Gasteiger partial charge on any atom is 0.225 e. The number of anilines is 2. The highest BCUT2D eigenvalue weighted by atomic mass is 15.2. The molecule has 1 saturated heterocycles. The second-order valence-electron chi connectivity index (χ2n) is 7.19. The highest BCUT2D eigenvalue weighted by molar-refractivity contribution is 5.45. The third kappa shape index (κ3) is 4.11. The summed E-state index contributed by atoms with van der Waals surface area (Å²) in [5, 5.41) is 3.60. The lowest BCUT2D eigenvalue weighted by atomic mass is 9.99. The zero-order chi connectivity index (χ0) is 15.4. The maximum atomic E-state index is 4.81. The fourth-order valence-corrected chi connectivity index (χ4v) is 3.62. The van der Waals surface area contributed by atoms with Crippen LogP contribution in [-0.4, -0.2) is 29.1 Å². The van der Waals surface area contributed by atoms with Crippen LogP contribution in [0.4, 0.5) is 11.8 Å². The summed E-state index contributed by atoms with van der Waals surface area (Å²) in [4.78, 5) is 11.9. The van der Waals surface area contributed by atoms with Gasteiger partial charge in [0.2, 0.25) is 5.95 Å². The minimum Gasteiger partial charge on any atom is -0.356 e. The van der Waals surface area contributed by atoms with E-state index in [0.717, 1.165) is 36.5 Å². The van der Waals surface area contributed by atoms with E-state index in [2.05, 4.69) is 35.1 Å². The van der Waals surface area contributed by atoms with Gasteiger partial charge >= 0.3 is 0 Å². The Morgan fingerprint density at radius 2 is 1.68 bits per heavy atom. The van der Waals surface area contributed by atoms with Crippen LogP contribution < -0.4 is 10.2 Å². The molecule has 4 heteroatoms. The van der Waals surface area contributed by atoms with Gasteiger partial charge in [-0.25, -0.2) is 4.98 Å². The van der Waals surface area contributed by atoms with Crippen molar-refractivity contribution in [1.29, 1.82) is 0 Å². The van der Waals surface area contributed by atoms with E-state index in [0.29, 0.717) is 6.04 Å². The monoisotopic (exact) mass is 302 g/mol. The molecule has 2 fully saturated rings. The molecule has 0 unspecified atom stereocenters. The summed E-state index contributed by atoms with van der Waals surface area (Å²) in [6.45, 7) is 6.68. The molecule has 122 valence electrons. The molecule has 0 bridgehead atoms. The molecule has 4 nitrogen and oxygen atoms in total. The number of rotatable bonds is 3. The van der Waals surface area contributed by atoms with Crippen LogP contribution in [-0.2, 0) is 0 Å². The largest absolute Gasteiger partial charge is 0.356 e. The van der Waals surface area contributed by atoms with E-state index in [-0.39, 0.29) is 0 Å². The number of nitrogens with zero attached hydrogens (tertiary/aromatic N) is 3. The molecule has 22 heavy (non-hydrogen) atoms. The third-order valence-corrected chi connectivity index (χ3v) is 5.14. The standard InChI is InChI=1S/C18H30N4/c1-14-9-11-22(12-10-14)17-13-15(2)19-18(21-17)20-16-7-5-3-4-6-8-16/h13-14,16H,3-12H2,1-2H3,(H,19,20,21). The molecule has 0 radical (unpaired) electrons. The molecular formula is C18H30N4. The van der Waals surface area contributed by atoms with Crippen LogP contribution in [0.15, 0.2) is 6.07 Å². The van der Waals surface area contributed by atoms with E-state index in [9.17, 15) is 0 Å². The Morgan fingerprint density at radius 3 is 2.36 bits per heavy atom. The van der Waals surface area contributed by atoms with Crippen molar-refractivity contribution < 1.29 is 0 Å². The van der Waals surface area contributed by atoms with E-state index in [1.165, 1.54) is 51.4 Å². The number of hydrogen-bond acceptors (Lipinski definition) is 4. The predicted molar refractivity (Wildman–Crippen MR) is 92.5 cm³/mol. The molecule has 1 aromatic rings. The van der Waals surface area contributed by atoms with Crippen molar-refractivity contribution in [3.05, 3.63) is 11.8 Å². The van der Waals surface area contributed by atoms with Crippen molar-refractivity contribution in [1.82, 2.24) is 9.97 Å². The second-order valence-corrected chi connectivity index (χ2v) is 7.19. The van der Waals surface area contributed by atoms with Crippen molar-refractivity contribution in [2.45, 2.75) is 71.3 Å². The van der Waals surface area contributed by atoms with Gasteiger partial charge in [-0.1, -0.05) is 32.6 Å². The third-order valence-electron chi connectivity index (χ3n) is 5.14. The first kappa shape index (κ1) is 15.6. The number of nitrogens with one attached hydrogen (secondary N) is 1. The molecule has 2 heterocycles. The molecule has 1 N–H and O–H groups in total. The molecule has 0 atom stereocenters. The van der Waals surface area contributed by atoms with Gasteiger partial charge in [0.1, 0.15) is 5.82 Å². The lowest BCUT2D eigenvalue weighted by molar-refractivity contribution is 0.436. The molecule has 3 rings (SSSR count). The Hall–Kier alpha value is -1.32. The average Bonchev–Trinajstić information content (AvgIpc) is 2.76. The van der Waals surface area contributed by atoms with Gasteiger partial charge < -0.3 is 10.2 Å². The van der Waals surface area contributed by atoms with Gasteiger partial charge in [0.15, 0.2) is 0 Å². The van der Waals surface area contributed by atoms with Crippen molar-refractivity contribution >= 4 is 11.8 Å². The molecule has 1 aliphatic carbocycles. The van der Waals surface area contributed by atoms with Crippen LogP contribution >= 0.6 is 0 Å². The zero-order valence-electron chi connectivity index (χ0n) is 14.1. The van der Waals surface area contributed by atoms with Crippen LogP contribution in [0.3, 0.4) is 0 Å². The fourth-order valence-electron chi connectivity index (χ4n) is 3.62. The highest BCUT2D eigenvalue weighted by Crippen LogP contribution is 2.24. The molecule has 0 aromatic carbocycles. The minimum absolute atomic E-state index is 0.554. The van der Waals surface area contributed by atoms with Crippen molar-refractivity contribution in [3.8, 4) is 0 Å². The summed E-state index contributed by atoms with van der Waals surface area (Å²) in [6.07, 6.45) is 10.5. The molecule has 2 aliphatic rings. The van der Waals surface area contributed by atoms with E-state index >= 15 is 0 Å². The van der Waals surface area contributed by atoms with Gasteiger partial charge in [0.05, 0.1) is 0 Å². The van der Waals surface area contributed by atoms with Gasteiger partial charge in [-0.2, -0.15) is 4.98 Å². The van der Waals surface area contributed by atoms with Gasteiger partial charge in [0.25, 0.3) is 0 Å². The van der Waals surface area contributed by atoms with E-state index in [1.54, 1.807) is 0 Å². The fraction of sp³-hybridized carbons (Fsp3) is 0.778. The molecule has 1 saturated carbocycles. The Bertz CT molecular complexity index is 472. The lowest BCUT2D eigenvalue weighted by Crippen LogP contribution is -2.33. The summed E-state index contributed by atoms with van der Waals surface area (Å²) in [5.74, 6) is 2.79. The zero-order valence-corrected chi connectivity index (χ0v) is 14.1. The number of hydrogen-bond donors (Lipinski definition) is 1. The SMILES string of the molecule is Cc1cc(N2CCC(C)CC2)nc(NC2CCCCCC2)n1. The van der Waals surface area contributed by atoms with E-state index in [4.69, 9.17) is 4.98 Å². The van der Waals surface area contributed by atoms with Crippen LogP contribution in [0.25, 0.3) is 0 Å². The molecule has 1 aliphatic heterocycles. The Balaban J connectivity index is 1.69. The highest BCUT2D eigenvalue weighted by Gasteiger charge is 2.19. The van der Waals surface area contributed by atoms with Gasteiger partial charge in [-0.15, -0.1) is 0 Å². The van der Waals surface area contributed by atoms with Crippen molar-refractivity contribution in [3.63, 3.8) is 0 Å². The maximum absolute atomic E-state index is 4.81. The Kier molecular flexibility index (Phi) is 5.16. The topological polar surface area (TPSA) is 41.1 Å². The quantitative estimate of drug-likeness (QED) is 0.851. The average molecular weight is 302 g/mol. The number of aryl methyl sites for hydroxylation is 1. The summed E-state index contributed by atoms with van der Waals surface area (Å²) >= 11 is 0. The predicted octanol–water partition coefficient (Wildman–Crippen LogP) is 4.16. The Morgan fingerprint density at radius 1 is 1.00 bits per heavy atom. The van der Waals surface area contributed by atoms with Crippen LogP contribution in [0.2, 0.25) is 0 Å².